The van der Waals surface area contributed by atoms with E-state index in [0.29, 0.717) is 5.65 Å². The van der Waals surface area contributed by atoms with Gasteiger partial charge in [-0.2, -0.15) is 0 Å². The maximum atomic E-state index is 4.46. The van der Waals surface area contributed by atoms with Crippen LogP contribution in [0.15, 0.2) is 42.7 Å². The molecular weight excluding hydrogens is 304 g/mol. The molecule has 0 fully saturated rings. The minimum absolute atomic E-state index is 0.651. The van der Waals surface area contributed by atoms with Gasteiger partial charge < -0.3 is 9.88 Å². The van der Waals surface area contributed by atoms with Crippen LogP contribution in [0.4, 0.5) is 5.82 Å². The predicted octanol–water partition coefficient (Wildman–Crippen LogP) is 1.69. The van der Waals surface area contributed by atoms with Gasteiger partial charge in [-0.3, -0.25) is 0 Å². The van der Waals surface area contributed by atoms with Gasteiger partial charge in [-0.05, 0) is 46.7 Å². The number of pyridine rings is 1. The highest BCUT2D eigenvalue weighted by molar-refractivity contribution is 5.91. The molecule has 0 amide bonds. The number of anilines is 1. The molecule has 1 aliphatic rings. The lowest BCUT2D eigenvalue weighted by molar-refractivity contribution is 0.711. The van der Waals surface area contributed by atoms with Crippen molar-refractivity contribution in [2.75, 3.05) is 18.0 Å². The molecule has 118 valence electrons. The van der Waals surface area contributed by atoms with Crippen molar-refractivity contribution < 1.29 is 0 Å². The molecule has 5 heterocycles. The van der Waals surface area contributed by atoms with E-state index in [1.165, 1.54) is 21.2 Å². The zero-order valence-corrected chi connectivity index (χ0v) is 12.8. The second-order valence-electron chi connectivity index (χ2n) is 5.75. The molecule has 4 aromatic rings. The van der Waals surface area contributed by atoms with Gasteiger partial charge in [-0.25, -0.2) is 4.98 Å². The fourth-order valence-corrected chi connectivity index (χ4v) is 3.15. The molecule has 0 saturated heterocycles. The summed E-state index contributed by atoms with van der Waals surface area (Å²) >= 11 is 0. The molecule has 0 radical (unpaired) electrons. The third-order valence-electron chi connectivity index (χ3n) is 4.39. The van der Waals surface area contributed by atoms with Crippen molar-refractivity contribution >= 4 is 28.1 Å². The Hall–Kier alpha value is -3.29. The summed E-state index contributed by atoms with van der Waals surface area (Å²) in [6.45, 7) is 1.71. The van der Waals surface area contributed by atoms with Crippen LogP contribution in [-0.4, -0.2) is 48.3 Å². The smallest absolute Gasteiger partial charge is 0.200 e. The van der Waals surface area contributed by atoms with Crippen molar-refractivity contribution in [3.05, 3.63) is 48.3 Å². The van der Waals surface area contributed by atoms with Crippen molar-refractivity contribution in [2.45, 2.75) is 6.42 Å². The lowest BCUT2D eigenvalue weighted by Gasteiger charge is -2.27. The van der Waals surface area contributed by atoms with Crippen LogP contribution < -0.4 is 4.90 Å². The first-order valence-corrected chi connectivity index (χ1v) is 7.80. The Morgan fingerprint density at radius 3 is 3.08 bits per heavy atom. The van der Waals surface area contributed by atoms with Crippen LogP contribution in [-0.2, 0) is 0 Å². The van der Waals surface area contributed by atoms with Crippen LogP contribution in [0, 0.1) is 0 Å². The minimum Gasteiger partial charge on any atom is -0.351 e. The van der Waals surface area contributed by atoms with Crippen LogP contribution in [0.25, 0.3) is 22.3 Å². The average Bonchev–Trinajstić information content (AvgIpc) is 3.28. The third kappa shape index (κ3) is 2.03. The highest BCUT2D eigenvalue weighted by Crippen LogP contribution is 2.29. The van der Waals surface area contributed by atoms with Crippen molar-refractivity contribution in [3.8, 4) is 0 Å². The summed E-state index contributed by atoms with van der Waals surface area (Å²) in [6.07, 6.45) is 7.06. The van der Waals surface area contributed by atoms with E-state index in [4.69, 9.17) is 0 Å². The van der Waals surface area contributed by atoms with E-state index in [1.807, 2.05) is 24.4 Å². The number of fused-ring (bicyclic) bond motifs is 2. The SMILES string of the molecule is C1=C(c2c[nH]c3ncccc23)CCN(c2ccc3nnnn3n2)C1. The van der Waals surface area contributed by atoms with Gasteiger partial charge in [0, 0.05) is 36.4 Å². The molecule has 0 aliphatic carbocycles. The molecular formula is C16H14N8. The maximum absolute atomic E-state index is 4.46. The quantitative estimate of drug-likeness (QED) is 0.605. The molecule has 0 unspecified atom stereocenters. The summed E-state index contributed by atoms with van der Waals surface area (Å²) in [7, 11) is 0. The van der Waals surface area contributed by atoms with Crippen LogP contribution in [0.3, 0.4) is 0 Å². The van der Waals surface area contributed by atoms with Gasteiger partial charge in [0.05, 0.1) is 0 Å². The van der Waals surface area contributed by atoms with Crippen molar-refractivity contribution in [3.63, 3.8) is 0 Å². The Morgan fingerprint density at radius 2 is 2.17 bits per heavy atom. The Morgan fingerprint density at radius 1 is 1.17 bits per heavy atom. The Bertz CT molecular complexity index is 1060. The predicted molar refractivity (Wildman–Crippen MR) is 89.5 cm³/mol. The van der Waals surface area contributed by atoms with Gasteiger partial charge in [0.15, 0.2) is 11.5 Å². The summed E-state index contributed by atoms with van der Waals surface area (Å²) in [5, 5.41) is 17.0. The first-order valence-electron chi connectivity index (χ1n) is 7.80. The molecule has 8 heteroatoms. The summed E-state index contributed by atoms with van der Waals surface area (Å²) in [4.78, 5) is 9.82. The van der Waals surface area contributed by atoms with Crippen LogP contribution in [0.1, 0.15) is 12.0 Å². The number of nitrogens with zero attached hydrogens (tertiary/aromatic N) is 7. The first kappa shape index (κ1) is 13.2. The summed E-state index contributed by atoms with van der Waals surface area (Å²) < 4.78 is 1.46. The van der Waals surface area contributed by atoms with E-state index in [-0.39, 0.29) is 0 Å². The van der Waals surface area contributed by atoms with Crippen LogP contribution in [0.5, 0.6) is 0 Å². The molecule has 0 bridgehead atoms. The van der Waals surface area contributed by atoms with E-state index < -0.39 is 0 Å². The molecule has 24 heavy (non-hydrogen) atoms. The highest BCUT2D eigenvalue weighted by atomic mass is 15.6. The lowest BCUT2D eigenvalue weighted by atomic mass is 9.99. The molecule has 5 rings (SSSR count). The second kappa shape index (κ2) is 5.12. The summed E-state index contributed by atoms with van der Waals surface area (Å²) in [5.74, 6) is 0.880. The summed E-state index contributed by atoms with van der Waals surface area (Å²) in [6, 6.07) is 7.92. The van der Waals surface area contributed by atoms with E-state index in [0.717, 1.165) is 31.0 Å². The average molecular weight is 318 g/mol. The number of rotatable bonds is 2. The fraction of sp³-hybridized carbons (Fsp3) is 0.188. The monoisotopic (exact) mass is 318 g/mol. The third-order valence-corrected chi connectivity index (χ3v) is 4.39. The Balaban J connectivity index is 1.44. The standard InChI is InChI=1S/C16H14N8/c1-2-12-13(10-18-16(12)17-7-1)11-5-8-23(9-6-11)15-4-3-14-19-21-22-24(14)20-15/h1-5,7,10H,6,8-9H2,(H,17,18). The number of aromatic amines is 1. The van der Waals surface area contributed by atoms with Crippen LogP contribution in [0.2, 0.25) is 0 Å². The summed E-state index contributed by atoms with van der Waals surface area (Å²) in [5.41, 5.74) is 4.16. The minimum atomic E-state index is 0.651. The van der Waals surface area contributed by atoms with E-state index in [2.05, 4.69) is 47.6 Å². The lowest BCUT2D eigenvalue weighted by Crippen LogP contribution is -2.29. The molecule has 0 spiro atoms. The molecule has 4 aromatic heterocycles. The normalized spacial score (nSPS) is 15.2. The molecule has 0 atom stereocenters. The van der Waals surface area contributed by atoms with Gasteiger partial charge in [-0.1, -0.05) is 6.08 Å². The van der Waals surface area contributed by atoms with Gasteiger partial charge in [0.25, 0.3) is 0 Å². The number of hydrogen-bond acceptors (Lipinski definition) is 6. The number of hydrogen-bond donors (Lipinski definition) is 1. The van der Waals surface area contributed by atoms with Crippen molar-refractivity contribution in [2.24, 2.45) is 0 Å². The molecule has 0 saturated carbocycles. The van der Waals surface area contributed by atoms with E-state index >= 15 is 0 Å². The number of tetrazole rings is 1. The number of nitrogens with one attached hydrogen (secondary N) is 1. The molecule has 8 nitrogen and oxygen atoms in total. The number of aromatic nitrogens is 7. The zero-order chi connectivity index (χ0) is 15.9. The highest BCUT2D eigenvalue weighted by Gasteiger charge is 2.17. The van der Waals surface area contributed by atoms with Crippen LogP contribution >= 0.6 is 0 Å². The van der Waals surface area contributed by atoms with Gasteiger partial charge >= 0.3 is 0 Å². The topological polar surface area (TPSA) is 87.9 Å². The largest absolute Gasteiger partial charge is 0.351 e. The fourth-order valence-electron chi connectivity index (χ4n) is 3.15. The first-order chi connectivity index (χ1) is 11.9. The number of H-pyrrole nitrogens is 1. The van der Waals surface area contributed by atoms with E-state index in [1.54, 1.807) is 6.20 Å². The maximum Gasteiger partial charge on any atom is 0.200 e. The van der Waals surface area contributed by atoms with Crippen molar-refractivity contribution in [1.82, 2.24) is 35.2 Å². The molecule has 0 aromatic carbocycles. The van der Waals surface area contributed by atoms with Crippen molar-refractivity contribution in [1.29, 1.82) is 0 Å². The Kier molecular flexibility index (Phi) is 2.81. The molecule has 1 aliphatic heterocycles. The van der Waals surface area contributed by atoms with Gasteiger partial charge in [-0.15, -0.1) is 14.8 Å². The van der Waals surface area contributed by atoms with Gasteiger partial charge in [0.1, 0.15) is 5.65 Å². The molecule has 1 N–H and O–H groups in total. The second-order valence-corrected chi connectivity index (χ2v) is 5.75. The van der Waals surface area contributed by atoms with E-state index in [9.17, 15) is 0 Å². The van der Waals surface area contributed by atoms with Gasteiger partial charge in [0.2, 0.25) is 0 Å². The zero-order valence-electron chi connectivity index (χ0n) is 12.8. The Labute approximate surface area is 136 Å².